The number of esters is 1. The molecule has 0 radical (unpaired) electrons. The quantitative estimate of drug-likeness (QED) is 0.619. The number of carboxylic acids is 1. The number of fused-ring (bicyclic) bond motifs is 1. The number of carbonyl (C=O) groups is 2. The Morgan fingerprint density at radius 2 is 2.12 bits per heavy atom. The van der Waals surface area contributed by atoms with E-state index in [0.717, 1.165) is 6.26 Å². The minimum Gasteiger partial charge on any atom is -0.478 e. The van der Waals surface area contributed by atoms with Crippen LogP contribution in [0.3, 0.4) is 0 Å². The summed E-state index contributed by atoms with van der Waals surface area (Å²) in [4.78, 5) is 21.6. The predicted molar refractivity (Wildman–Crippen MR) is 54.5 cm³/mol. The van der Waals surface area contributed by atoms with Gasteiger partial charge in [0, 0.05) is 12.3 Å². The van der Waals surface area contributed by atoms with Gasteiger partial charge < -0.3 is 14.3 Å². The lowest BCUT2D eigenvalue weighted by atomic mass is 10.2. The third kappa shape index (κ3) is 1.75. The molecule has 0 spiro atoms. The summed E-state index contributed by atoms with van der Waals surface area (Å²) in [6, 6.07) is 4.56. The summed E-state index contributed by atoms with van der Waals surface area (Å²) >= 11 is 0. The Bertz CT molecular complexity index is 567. The van der Waals surface area contributed by atoms with Crippen molar-refractivity contribution in [1.29, 1.82) is 0 Å². The number of benzene rings is 1. The molecule has 0 saturated carbocycles. The highest BCUT2D eigenvalue weighted by atomic mass is 16.5. The Balaban J connectivity index is 2.54. The van der Waals surface area contributed by atoms with Crippen LogP contribution in [0.25, 0.3) is 11.0 Å². The summed E-state index contributed by atoms with van der Waals surface area (Å²) in [6.07, 6.45) is 1.16. The largest absolute Gasteiger partial charge is 0.478 e. The lowest BCUT2D eigenvalue weighted by Gasteiger charge is -2.00. The molecule has 0 atom stereocenters. The first-order valence-corrected chi connectivity index (χ1v) is 4.51. The molecule has 0 bridgehead atoms. The average molecular weight is 220 g/mol. The van der Waals surface area contributed by atoms with E-state index in [1.807, 2.05) is 0 Å². The number of hydrogen-bond acceptors (Lipinski definition) is 4. The van der Waals surface area contributed by atoms with Crippen molar-refractivity contribution in [2.45, 2.75) is 6.92 Å². The number of carboxylic acid groups (broad SMARTS) is 1. The standard InChI is InChI=1S/C11H8O5/c1-6(12)16-7-2-3-10-8(4-7)9(5-15-10)11(13)14/h2-5H,1H3,(H,13,14). The molecular weight excluding hydrogens is 212 g/mol. The number of furan rings is 1. The van der Waals surface area contributed by atoms with Gasteiger partial charge in [-0.1, -0.05) is 0 Å². The number of aromatic carboxylic acids is 1. The van der Waals surface area contributed by atoms with Crippen molar-refractivity contribution in [3.8, 4) is 5.75 Å². The Morgan fingerprint density at radius 3 is 2.75 bits per heavy atom. The van der Waals surface area contributed by atoms with Gasteiger partial charge in [0.2, 0.25) is 0 Å². The summed E-state index contributed by atoms with van der Waals surface area (Å²) in [5, 5.41) is 9.29. The van der Waals surface area contributed by atoms with Gasteiger partial charge in [-0.25, -0.2) is 4.79 Å². The molecule has 82 valence electrons. The van der Waals surface area contributed by atoms with Gasteiger partial charge in [0.15, 0.2) is 0 Å². The lowest BCUT2D eigenvalue weighted by molar-refractivity contribution is -0.131. The van der Waals surface area contributed by atoms with Crippen LogP contribution in [0.1, 0.15) is 17.3 Å². The second-order valence-electron chi connectivity index (χ2n) is 3.21. The van der Waals surface area contributed by atoms with Crippen LogP contribution in [0.2, 0.25) is 0 Å². The van der Waals surface area contributed by atoms with E-state index in [1.54, 1.807) is 12.1 Å². The molecule has 2 rings (SSSR count). The molecule has 0 fully saturated rings. The Morgan fingerprint density at radius 1 is 1.38 bits per heavy atom. The molecule has 1 aromatic carbocycles. The summed E-state index contributed by atoms with van der Waals surface area (Å²) in [7, 11) is 0. The Labute approximate surface area is 90.2 Å². The van der Waals surface area contributed by atoms with Crippen LogP contribution >= 0.6 is 0 Å². The van der Waals surface area contributed by atoms with Crippen molar-refractivity contribution >= 4 is 22.9 Å². The number of carbonyl (C=O) groups excluding carboxylic acids is 1. The van der Waals surface area contributed by atoms with Crippen LogP contribution in [0.4, 0.5) is 0 Å². The van der Waals surface area contributed by atoms with Gasteiger partial charge in [0.05, 0.1) is 0 Å². The number of ether oxygens (including phenoxy) is 1. The highest BCUT2D eigenvalue weighted by Gasteiger charge is 2.13. The smallest absolute Gasteiger partial charge is 0.339 e. The predicted octanol–water partition coefficient (Wildman–Crippen LogP) is 2.06. The van der Waals surface area contributed by atoms with Gasteiger partial charge in [0.25, 0.3) is 0 Å². The van der Waals surface area contributed by atoms with E-state index in [1.165, 1.54) is 13.0 Å². The normalized spacial score (nSPS) is 10.3. The molecule has 1 aromatic heterocycles. The lowest BCUT2D eigenvalue weighted by Crippen LogP contribution is -2.01. The third-order valence-corrected chi connectivity index (χ3v) is 2.04. The fraction of sp³-hybridized carbons (Fsp3) is 0.0909. The van der Waals surface area contributed by atoms with Gasteiger partial charge in [-0.2, -0.15) is 0 Å². The Kier molecular flexibility index (Phi) is 2.36. The fourth-order valence-corrected chi connectivity index (χ4v) is 1.40. The maximum atomic E-state index is 10.8. The first-order chi connectivity index (χ1) is 7.58. The molecule has 1 N–H and O–H groups in total. The van der Waals surface area contributed by atoms with Gasteiger partial charge in [-0.05, 0) is 18.2 Å². The van der Waals surface area contributed by atoms with Crippen molar-refractivity contribution in [1.82, 2.24) is 0 Å². The summed E-state index contributed by atoms with van der Waals surface area (Å²) in [5.41, 5.74) is 0.484. The molecule has 0 aliphatic carbocycles. The van der Waals surface area contributed by atoms with E-state index in [4.69, 9.17) is 14.3 Å². The van der Waals surface area contributed by atoms with Crippen LogP contribution in [-0.4, -0.2) is 17.0 Å². The molecule has 16 heavy (non-hydrogen) atoms. The van der Waals surface area contributed by atoms with E-state index in [0.29, 0.717) is 16.7 Å². The molecule has 0 unspecified atom stereocenters. The highest BCUT2D eigenvalue weighted by molar-refractivity contribution is 6.02. The molecule has 0 aliphatic heterocycles. The molecule has 1 heterocycles. The fourth-order valence-electron chi connectivity index (χ4n) is 1.40. The molecule has 5 heteroatoms. The van der Waals surface area contributed by atoms with Crippen LogP contribution in [0.15, 0.2) is 28.9 Å². The minimum absolute atomic E-state index is 0.0454. The molecule has 0 amide bonds. The van der Waals surface area contributed by atoms with E-state index in [2.05, 4.69) is 0 Å². The van der Waals surface area contributed by atoms with E-state index < -0.39 is 11.9 Å². The first-order valence-electron chi connectivity index (χ1n) is 4.51. The van der Waals surface area contributed by atoms with Crippen molar-refractivity contribution < 1.29 is 23.8 Å². The topological polar surface area (TPSA) is 76.7 Å². The maximum absolute atomic E-state index is 10.8. The zero-order valence-corrected chi connectivity index (χ0v) is 8.39. The van der Waals surface area contributed by atoms with E-state index >= 15 is 0 Å². The van der Waals surface area contributed by atoms with Crippen molar-refractivity contribution in [3.05, 3.63) is 30.0 Å². The SMILES string of the molecule is CC(=O)Oc1ccc2occ(C(=O)O)c2c1. The third-order valence-electron chi connectivity index (χ3n) is 2.04. The first kappa shape index (κ1) is 10.2. The van der Waals surface area contributed by atoms with Gasteiger partial charge in [-0.3, -0.25) is 4.79 Å². The van der Waals surface area contributed by atoms with Crippen LogP contribution < -0.4 is 4.74 Å². The summed E-state index contributed by atoms with van der Waals surface area (Å²) in [6.45, 7) is 1.28. The zero-order chi connectivity index (χ0) is 11.7. The van der Waals surface area contributed by atoms with Crippen LogP contribution in [-0.2, 0) is 4.79 Å². The Hall–Kier alpha value is -2.30. The monoisotopic (exact) mass is 220 g/mol. The molecule has 2 aromatic rings. The van der Waals surface area contributed by atoms with E-state index in [-0.39, 0.29) is 5.56 Å². The second kappa shape index (κ2) is 3.69. The highest BCUT2D eigenvalue weighted by Crippen LogP contribution is 2.25. The zero-order valence-electron chi connectivity index (χ0n) is 8.39. The van der Waals surface area contributed by atoms with Crippen LogP contribution in [0, 0.1) is 0 Å². The van der Waals surface area contributed by atoms with E-state index in [9.17, 15) is 9.59 Å². The molecule has 0 aliphatic rings. The molecular formula is C11H8O5. The van der Waals surface area contributed by atoms with Gasteiger partial charge in [0.1, 0.15) is 23.2 Å². The maximum Gasteiger partial charge on any atom is 0.339 e. The number of hydrogen-bond donors (Lipinski definition) is 1. The van der Waals surface area contributed by atoms with Crippen molar-refractivity contribution in [2.24, 2.45) is 0 Å². The molecule has 0 saturated heterocycles. The number of rotatable bonds is 2. The summed E-state index contributed by atoms with van der Waals surface area (Å²) in [5.74, 6) is -1.25. The summed E-state index contributed by atoms with van der Waals surface area (Å²) < 4.78 is 9.90. The van der Waals surface area contributed by atoms with Crippen molar-refractivity contribution in [2.75, 3.05) is 0 Å². The van der Waals surface area contributed by atoms with Gasteiger partial charge in [-0.15, -0.1) is 0 Å². The second-order valence-corrected chi connectivity index (χ2v) is 3.21. The minimum atomic E-state index is -1.08. The average Bonchev–Trinajstić information content (AvgIpc) is 2.59. The molecule has 5 nitrogen and oxygen atoms in total. The van der Waals surface area contributed by atoms with Crippen LogP contribution in [0.5, 0.6) is 5.75 Å². The van der Waals surface area contributed by atoms with Gasteiger partial charge >= 0.3 is 11.9 Å². The van der Waals surface area contributed by atoms with Crippen molar-refractivity contribution in [3.63, 3.8) is 0 Å².